The van der Waals surface area contributed by atoms with Gasteiger partial charge in [-0.05, 0) is 98.8 Å². The minimum atomic E-state index is -0.725. The van der Waals surface area contributed by atoms with Crippen molar-refractivity contribution in [2.45, 2.75) is 32.8 Å². The van der Waals surface area contributed by atoms with Gasteiger partial charge in [-0.3, -0.25) is 0 Å². The molecule has 254 valence electrons. The molecule has 0 saturated heterocycles. The molecule has 11 heteroatoms. The van der Waals surface area contributed by atoms with Crippen molar-refractivity contribution in [2.24, 2.45) is 5.73 Å². The van der Waals surface area contributed by atoms with Gasteiger partial charge in [0.2, 0.25) is 0 Å². The zero-order chi connectivity index (χ0) is 34.9. The van der Waals surface area contributed by atoms with Crippen LogP contribution in [0.1, 0.15) is 31.9 Å². The van der Waals surface area contributed by atoms with Gasteiger partial charge in [0, 0.05) is 54.7 Å². The summed E-state index contributed by atoms with van der Waals surface area (Å²) in [7, 11) is 0. The molecular formula is C38H29Br2CuINO2S4. The van der Waals surface area contributed by atoms with Gasteiger partial charge in [-0.15, -0.1) is 45.3 Å². The molecule has 0 saturated carbocycles. The van der Waals surface area contributed by atoms with Gasteiger partial charge in [0.15, 0.2) is 0 Å². The van der Waals surface area contributed by atoms with Crippen molar-refractivity contribution < 1.29 is 22.3 Å². The first-order chi connectivity index (χ1) is 23.6. The second kappa shape index (κ2) is 15.8. The third-order valence-electron chi connectivity index (χ3n) is 7.64. The van der Waals surface area contributed by atoms with Gasteiger partial charge >= 0.3 is 39.2 Å². The third kappa shape index (κ3) is 7.85. The maximum atomic E-state index is 10.0. The molecule has 8 aromatic rings. The standard InChI is InChI=1S/C17H10S2.C16H8Br2S2.C5H11NO2.Cu.HI/c1-3-7-14-10(5-1)12-9-13-11-6-2-4-8-15(11)19-17(13)16(12)18-14;17-13-9-5-1-3-7-11(9)19-15(13)16-14(18)10-6-2-4-8-12(10)20-16;1-5(2,3)8-4(6)7;;/h1-8H,9H2;1-8H;1-3H3,(H2,6,7);;1H/q;;;+1;/p-1. The number of amides is 1. The molecule has 49 heavy (non-hydrogen) atoms. The van der Waals surface area contributed by atoms with Crippen LogP contribution in [0.25, 0.3) is 59.9 Å². The van der Waals surface area contributed by atoms with Gasteiger partial charge < -0.3 is 10.5 Å². The summed E-state index contributed by atoms with van der Waals surface area (Å²) in [5, 5.41) is 5.48. The van der Waals surface area contributed by atoms with Crippen molar-refractivity contribution in [3.63, 3.8) is 0 Å². The van der Waals surface area contributed by atoms with E-state index in [1.807, 2.05) is 45.3 Å². The first-order valence-electron chi connectivity index (χ1n) is 15.0. The Hall–Kier alpha value is -1.80. The van der Waals surface area contributed by atoms with Gasteiger partial charge in [0.1, 0.15) is 5.60 Å². The molecule has 1 amide bonds. The molecule has 1 aliphatic rings. The number of carbonyl (C=O) groups excluding carboxylic acids is 1. The number of rotatable bonds is 1. The van der Waals surface area contributed by atoms with Crippen molar-refractivity contribution in [2.75, 3.05) is 0 Å². The molecular weight excluding hydrogens is 981 g/mol. The van der Waals surface area contributed by atoms with E-state index in [1.54, 1.807) is 52.2 Å². The summed E-state index contributed by atoms with van der Waals surface area (Å²) >= 11 is 21.0. The zero-order valence-corrected chi connectivity index (χ0v) is 35.9. The minimum Gasteiger partial charge on any atom is -0.134 e. The van der Waals surface area contributed by atoms with E-state index in [2.05, 4.69) is 146 Å². The van der Waals surface area contributed by atoms with Gasteiger partial charge in [0.05, 0.1) is 9.75 Å². The van der Waals surface area contributed by atoms with Crippen LogP contribution in [0.2, 0.25) is 0 Å². The van der Waals surface area contributed by atoms with Crippen LogP contribution >= 0.6 is 97.6 Å². The molecule has 0 unspecified atom stereocenters. The number of ether oxygens (including phenoxy) is 1. The Morgan fingerprint density at radius 1 is 0.612 bits per heavy atom. The van der Waals surface area contributed by atoms with E-state index in [1.165, 1.54) is 68.8 Å². The molecule has 4 heterocycles. The fraction of sp³-hybridized carbons (Fsp3) is 0.132. The van der Waals surface area contributed by atoms with E-state index in [-0.39, 0.29) is 0 Å². The van der Waals surface area contributed by atoms with Crippen LogP contribution < -0.4 is 5.73 Å². The van der Waals surface area contributed by atoms with E-state index in [4.69, 9.17) is 5.73 Å². The molecule has 4 aromatic heterocycles. The average molecular weight is 1010 g/mol. The van der Waals surface area contributed by atoms with E-state index < -0.39 is 11.7 Å². The third-order valence-corrected chi connectivity index (χ3v) is 14.9. The number of hydrogen-bond acceptors (Lipinski definition) is 6. The predicted octanol–water partition coefficient (Wildman–Crippen LogP) is 14.8. The van der Waals surface area contributed by atoms with Crippen LogP contribution in [0.4, 0.5) is 4.79 Å². The Morgan fingerprint density at radius 3 is 1.22 bits per heavy atom. The molecule has 4 aromatic carbocycles. The largest absolute Gasteiger partial charge is 0.134 e. The average Bonchev–Trinajstić information content (AvgIpc) is 3.88. The predicted molar refractivity (Wildman–Crippen MR) is 228 cm³/mol. The molecule has 0 spiro atoms. The Morgan fingerprint density at radius 2 is 0.918 bits per heavy atom. The van der Waals surface area contributed by atoms with E-state index in [0.717, 1.165) is 6.42 Å². The fourth-order valence-electron chi connectivity index (χ4n) is 5.71. The SMILES string of the molecule is Brc1c(-c2sc3ccccc3c2Br)sc2ccccc12.CC(C)(C)OC(N)=O.[Cu][I].c1ccc2c3c(sc2c1)-c1sc2ccccc2c1C3. The summed E-state index contributed by atoms with van der Waals surface area (Å²) in [5.41, 5.74) is 7.36. The summed E-state index contributed by atoms with van der Waals surface area (Å²) in [6.07, 6.45) is 0.385. The monoisotopic (exact) mass is 1010 g/mol. The quantitative estimate of drug-likeness (QED) is 0.132. The topological polar surface area (TPSA) is 52.3 Å². The normalized spacial score (nSPS) is 11.7. The van der Waals surface area contributed by atoms with Gasteiger partial charge in [-0.25, -0.2) is 4.79 Å². The Bertz CT molecular complexity index is 2280. The first-order valence-corrected chi connectivity index (χ1v) is 22.9. The van der Waals surface area contributed by atoms with Crippen LogP contribution in [-0.4, -0.2) is 11.7 Å². The number of thiophene rings is 4. The maximum Gasteiger partial charge on any atom is 0.0493 e. The van der Waals surface area contributed by atoms with Crippen LogP contribution in [0.15, 0.2) is 106 Å². The van der Waals surface area contributed by atoms with E-state index in [9.17, 15) is 4.79 Å². The summed E-state index contributed by atoms with van der Waals surface area (Å²) < 4.78 is 12.5. The Kier molecular flexibility index (Phi) is 11.9. The summed E-state index contributed by atoms with van der Waals surface area (Å²) in [4.78, 5) is 15.6. The van der Waals surface area contributed by atoms with Crippen molar-refractivity contribution >= 4 is 144 Å². The molecule has 0 aliphatic heterocycles. The number of benzene rings is 4. The molecule has 0 bridgehead atoms. The second-order valence-electron chi connectivity index (χ2n) is 12.0. The van der Waals surface area contributed by atoms with Crippen LogP contribution in [-0.2, 0) is 23.9 Å². The maximum absolute atomic E-state index is 10.0. The molecule has 3 nitrogen and oxygen atoms in total. The number of carbonyl (C=O) groups is 1. The number of fused-ring (bicyclic) bond motifs is 9. The van der Waals surface area contributed by atoms with Crippen molar-refractivity contribution in [1.82, 2.24) is 0 Å². The summed E-state index contributed by atoms with van der Waals surface area (Å²) in [6.45, 7) is 5.28. The number of primary amides is 1. The van der Waals surface area contributed by atoms with Crippen LogP contribution in [0.5, 0.6) is 0 Å². The smallest absolute Gasteiger partial charge is 0.0493 e. The minimum absolute atomic E-state index is 0.453. The van der Waals surface area contributed by atoms with Gasteiger partial charge in [-0.2, -0.15) is 0 Å². The summed E-state index contributed by atoms with van der Waals surface area (Å²) in [6, 6.07) is 34.6. The molecule has 9 rings (SSSR count). The van der Waals surface area contributed by atoms with E-state index in [0.29, 0.717) is 0 Å². The Balaban J connectivity index is 0.000000135. The zero-order valence-electron chi connectivity index (χ0n) is 26.4. The number of hydrogen-bond donors (Lipinski definition) is 1. The van der Waals surface area contributed by atoms with Crippen LogP contribution in [0.3, 0.4) is 0 Å². The van der Waals surface area contributed by atoms with Crippen molar-refractivity contribution in [3.8, 4) is 19.5 Å². The molecule has 2 N–H and O–H groups in total. The van der Waals surface area contributed by atoms with Gasteiger partial charge in [-0.1, -0.05) is 72.8 Å². The van der Waals surface area contributed by atoms with Crippen molar-refractivity contribution in [3.05, 3.63) is 117 Å². The number of nitrogens with two attached hydrogens (primary N) is 1. The second-order valence-corrected chi connectivity index (χ2v) is 17.8. The fourth-order valence-corrected chi connectivity index (χ4v) is 12.8. The molecule has 0 fully saturated rings. The first kappa shape index (κ1) is 37.0. The summed E-state index contributed by atoms with van der Waals surface area (Å²) in [5.74, 6) is 0. The van der Waals surface area contributed by atoms with Crippen molar-refractivity contribution in [1.29, 1.82) is 0 Å². The molecule has 1 aliphatic carbocycles. The molecule has 0 atom stereocenters. The van der Waals surface area contributed by atoms with Crippen LogP contribution in [0, 0.1) is 0 Å². The molecule has 0 radical (unpaired) electrons. The number of halogens is 3. The Labute approximate surface area is 337 Å². The van der Waals surface area contributed by atoms with Gasteiger partial charge in [0.25, 0.3) is 0 Å². The van der Waals surface area contributed by atoms with E-state index >= 15 is 0 Å².